The third-order valence-corrected chi connectivity index (χ3v) is 4.10. The van der Waals surface area contributed by atoms with Crippen molar-refractivity contribution in [2.24, 2.45) is 0 Å². The number of hydrogen-bond donors (Lipinski definition) is 1. The smallest absolute Gasteiger partial charge is 0.258 e. The minimum Gasteiger partial charge on any atom is -0.505 e. The number of rotatable bonds is 1. The molecule has 1 heterocycles. The highest BCUT2D eigenvalue weighted by Crippen LogP contribution is 2.37. The summed E-state index contributed by atoms with van der Waals surface area (Å²) in [6, 6.07) is 7.84. The van der Waals surface area contributed by atoms with E-state index >= 15 is 0 Å². The Morgan fingerprint density at radius 3 is 2.50 bits per heavy atom. The molecular weight excluding hydrogens is 349 g/mol. The summed E-state index contributed by atoms with van der Waals surface area (Å²) >= 11 is 17.7. The first kappa shape index (κ1) is 15.3. The molecule has 2 aromatic carbocycles. The van der Waals surface area contributed by atoms with Crippen LogP contribution in [0.3, 0.4) is 0 Å². The predicted molar refractivity (Wildman–Crippen MR) is 86.8 cm³/mol. The zero-order valence-electron chi connectivity index (χ0n) is 11.1. The Morgan fingerprint density at radius 1 is 1.14 bits per heavy atom. The maximum atomic E-state index is 12.7. The predicted octanol–water partition coefficient (Wildman–Crippen LogP) is 4.39. The van der Waals surface area contributed by atoms with Gasteiger partial charge in [-0.25, -0.2) is 0 Å². The zero-order chi connectivity index (χ0) is 15.9. The molecule has 4 nitrogen and oxygen atoms in total. The minimum atomic E-state index is -0.296. The van der Waals surface area contributed by atoms with Crippen molar-refractivity contribution in [1.29, 1.82) is 0 Å². The average molecular weight is 359 g/mol. The fourth-order valence-electron chi connectivity index (χ4n) is 2.25. The molecule has 0 unspecified atom stereocenters. The molecule has 1 aliphatic heterocycles. The van der Waals surface area contributed by atoms with Crippen LogP contribution in [0.4, 0.5) is 5.69 Å². The molecule has 0 bridgehead atoms. The lowest BCUT2D eigenvalue weighted by Crippen LogP contribution is -2.38. The lowest BCUT2D eigenvalue weighted by Gasteiger charge is -2.29. The Hall–Kier alpha value is -1.62. The first-order chi connectivity index (χ1) is 10.5. The number of aromatic hydroxyl groups is 1. The van der Waals surface area contributed by atoms with Crippen molar-refractivity contribution in [2.75, 3.05) is 18.1 Å². The van der Waals surface area contributed by atoms with Gasteiger partial charge in [0.1, 0.15) is 12.4 Å². The van der Waals surface area contributed by atoms with Crippen LogP contribution in [0.2, 0.25) is 15.1 Å². The van der Waals surface area contributed by atoms with Crippen molar-refractivity contribution in [3.05, 3.63) is 51.0 Å². The topological polar surface area (TPSA) is 49.8 Å². The van der Waals surface area contributed by atoms with E-state index < -0.39 is 0 Å². The summed E-state index contributed by atoms with van der Waals surface area (Å²) in [7, 11) is 0. The summed E-state index contributed by atoms with van der Waals surface area (Å²) in [5, 5.41) is 10.1. The van der Waals surface area contributed by atoms with Crippen LogP contribution >= 0.6 is 34.8 Å². The number of benzene rings is 2. The largest absolute Gasteiger partial charge is 0.505 e. The standard InChI is InChI=1S/C15H10Cl3NO3/c16-9-1-2-13-12(7-9)19(3-4-22-13)15(21)8-5-10(17)14(20)11(18)6-8/h1-2,5-7,20H,3-4H2. The van der Waals surface area contributed by atoms with Crippen molar-refractivity contribution in [3.63, 3.8) is 0 Å². The van der Waals surface area contributed by atoms with Gasteiger partial charge in [-0.05, 0) is 30.3 Å². The van der Waals surface area contributed by atoms with Gasteiger partial charge in [0.05, 0.1) is 22.3 Å². The van der Waals surface area contributed by atoms with Crippen LogP contribution in [0.15, 0.2) is 30.3 Å². The second-order valence-electron chi connectivity index (χ2n) is 4.71. The van der Waals surface area contributed by atoms with Crippen LogP contribution in [0.1, 0.15) is 10.4 Å². The van der Waals surface area contributed by atoms with E-state index in [4.69, 9.17) is 39.5 Å². The number of amides is 1. The number of halogens is 3. The first-order valence-corrected chi connectivity index (χ1v) is 7.53. The highest BCUT2D eigenvalue weighted by molar-refractivity contribution is 6.37. The van der Waals surface area contributed by atoms with Gasteiger partial charge in [0.15, 0.2) is 5.75 Å². The average Bonchev–Trinajstić information content (AvgIpc) is 2.50. The van der Waals surface area contributed by atoms with Crippen molar-refractivity contribution in [1.82, 2.24) is 0 Å². The van der Waals surface area contributed by atoms with Gasteiger partial charge in [0, 0.05) is 10.6 Å². The maximum absolute atomic E-state index is 12.7. The Bertz CT molecular complexity index is 741. The van der Waals surface area contributed by atoms with Crippen LogP contribution in [-0.4, -0.2) is 24.2 Å². The maximum Gasteiger partial charge on any atom is 0.258 e. The number of nitrogens with zero attached hydrogens (tertiary/aromatic N) is 1. The van der Waals surface area contributed by atoms with Gasteiger partial charge in [-0.15, -0.1) is 0 Å². The lowest BCUT2D eigenvalue weighted by atomic mass is 10.1. The van der Waals surface area contributed by atoms with Crippen molar-refractivity contribution in [3.8, 4) is 11.5 Å². The molecule has 1 N–H and O–H groups in total. The molecule has 0 spiro atoms. The number of anilines is 1. The summed E-state index contributed by atoms with van der Waals surface area (Å²) in [5.74, 6) is 0.0425. The molecule has 22 heavy (non-hydrogen) atoms. The Morgan fingerprint density at radius 2 is 1.82 bits per heavy atom. The van der Waals surface area contributed by atoms with Crippen molar-refractivity contribution < 1.29 is 14.6 Å². The molecule has 0 atom stereocenters. The quantitative estimate of drug-likeness (QED) is 0.822. The van der Waals surface area contributed by atoms with Gasteiger partial charge in [-0.2, -0.15) is 0 Å². The van der Waals surface area contributed by atoms with Crippen molar-refractivity contribution in [2.45, 2.75) is 0 Å². The number of fused-ring (bicyclic) bond motifs is 1. The van der Waals surface area contributed by atoms with E-state index in [-0.39, 0.29) is 27.3 Å². The number of phenols is 1. The highest BCUT2D eigenvalue weighted by atomic mass is 35.5. The van der Waals surface area contributed by atoms with E-state index in [0.29, 0.717) is 29.6 Å². The monoisotopic (exact) mass is 357 g/mol. The van der Waals surface area contributed by atoms with Gasteiger partial charge in [0.25, 0.3) is 5.91 Å². The number of hydrogen-bond acceptors (Lipinski definition) is 3. The molecule has 114 valence electrons. The third-order valence-electron chi connectivity index (χ3n) is 3.29. The molecule has 7 heteroatoms. The molecule has 0 aliphatic carbocycles. The SMILES string of the molecule is O=C(c1cc(Cl)c(O)c(Cl)c1)N1CCOc2ccc(Cl)cc21. The molecule has 1 amide bonds. The van der Waals surface area contributed by atoms with Crippen LogP contribution in [0.5, 0.6) is 11.5 Å². The number of carbonyl (C=O) groups is 1. The Labute approximate surface area is 141 Å². The highest BCUT2D eigenvalue weighted by Gasteiger charge is 2.26. The molecule has 0 aromatic heterocycles. The second-order valence-corrected chi connectivity index (χ2v) is 5.96. The van der Waals surface area contributed by atoms with E-state index in [1.54, 1.807) is 23.1 Å². The summed E-state index contributed by atoms with van der Waals surface area (Å²) in [6.07, 6.45) is 0. The summed E-state index contributed by atoms with van der Waals surface area (Å²) in [6.45, 7) is 0.752. The van der Waals surface area contributed by atoms with E-state index in [9.17, 15) is 9.90 Å². The third kappa shape index (κ3) is 2.70. The second kappa shape index (κ2) is 5.88. The van der Waals surface area contributed by atoms with Gasteiger partial charge in [0.2, 0.25) is 0 Å². The molecule has 2 aromatic rings. The first-order valence-electron chi connectivity index (χ1n) is 6.39. The van der Waals surface area contributed by atoms with Gasteiger partial charge in [-0.1, -0.05) is 34.8 Å². The van der Waals surface area contributed by atoms with E-state index in [1.165, 1.54) is 12.1 Å². The van der Waals surface area contributed by atoms with E-state index in [2.05, 4.69) is 0 Å². The van der Waals surface area contributed by atoms with Crippen molar-refractivity contribution >= 4 is 46.4 Å². The lowest BCUT2D eigenvalue weighted by molar-refractivity contribution is 0.0976. The van der Waals surface area contributed by atoms with Crippen LogP contribution in [0.25, 0.3) is 0 Å². The van der Waals surface area contributed by atoms with E-state index in [1.807, 2.05) is 0 Å². The van der Waals surface area contributed by atoms with E-state index in [0.717, 1.165) is 0 Å². The number of carbonyl (C=O) groups excluding carboxylic acids is 1. The van der Waals surface area contributed by atoms with Crippen LogP contribution in [-0.2, 0) is 0 Å². The minimum absolute atomic E-state index is 0.0235. The van der Waals surface area contributed by atoms with Crippen LogP contribution < -0.4 is 9.64 Å². The number of phenolic OH excluding ortho intramolecular Hbond substituents is 1. The van der Waals surface area contributed by atoms with Crippen LogP contribution in [0, 0.1) is 0 Å². The van der Waals surface area contributed by atoms with Gasteiger partial charge in [-0.3, -0.25) is 4.79 Å². The fraction of sp³-hybridized carbons (Fsp3) is 0.133. The molecule has 0 radical (unpaired) electrons. The summed E-state index contributed by atoms with van der Waals surface area (Å²) in [4.78, 5) is 14.3. The molecule has 0 saturated carbocycles. The molecule has 0 saturated heterocycles. The summed E-state index contributed by atoms with van der Waals surface area (Å²) < 4.78 is 5.52. The van der Waals surface area contributed by atoms with Gasteiger partial charge >= 0.3 is 0 Å². The number of ether oxygens (including phenoxy) is 1. The molecule has 0 fully saturated rings. The molecule has 1 aliphatic rings. The summed E-state index contributed by atoms with van der Waals surface area (Å²) in [5.41, 5.74) is 0.865. The fourth-order valence-corrected chi connectivity index (χ4v) is 2.90. The normalized spacial score (nSPS) is 13.5. The van der Waals surface area contributed by atoms with Gasteiger partial charge < -0.3 is 14.7 Å². The molecule has 3 rings (SSSR count). The Balaban J connectivity index is 2.02. The zero-order valence-corrected chi connectivity index (χ0v) is 13.4. The molecular formula is C15H10Cl3NO3. The Kier molecular flexibility index (Phi) is 4.08.